The number of ether oxygens (including phenoxy) is 1. The first-order valence-corrected chi connectivity index (χ1v) is 6.44. The number of aryl methyl sites for hydroxylation is 1. The van der Waals surface area contributed by atoms with Gasteiger partial charge in [0.25, 0.3) is 0 Å². The third-order valence-corrected chi connectivity index (χ3v) is 2.48. The van der Waals surface area contributed by atoms with Crippen LogP contribution in [0.5, 0.6) is 0 Å². The minimum absolute atomic E-state index is 0.0174. The van der Waals surface area contributed by atoms with Crippen molar-refractivity contribution >= 4 is 23.2 Å². The predicted octanol–water partition coefficient (Wildman–Crippen LogP) is 0.320. The molecule has 1 aromatic rings. The Morgan fingerprint density at radius 2 is 2.15 bits per heavy atom. The molecule has 0 radical (unpaired) electrons. The van der Waals surface area contributed by atoms with Crippen molar-refractivity contribution in [3.63, 3.8) is 0 Å². The molecule has 0 aromatic carbocycles. The molecule has 0 saturated carbocycles. The van der Waals surface area contributed by atoms with Gasteiger partial charge in [-0.3, -0.25) is 4.79 Å². The van der Waals surface area contributed by atoms with Crippen LogP contribution in [0.15, 0.2) is 0 Å². The lowest BCUT2D eigenvalue weighted by Crippen LogP contribution is -2.31. The maximum Gasteiger partial charge on any atom is 0.246 e. The molecule has 0 saturated heterocycles. The van der Waals surface area contributed by atoms with Crippen molar-refractivity contribution in [2.75, 3.05) is 36.6 Å². The topological polar surface area (TPSA) is 114 Å². The highest BCUT2D eigenvalue weighted by molar-refractivity contribution is 5.77. The molecule has 0 spiro atoms. The number of hydrogen-bond acceptors (Lipinski definition) is 7. The average Bonchev–Trinajstić information content (AvgIpc) is 2.36. The van der Waals surface area contributed by atoms with Gasteiger partial charge in [0.15, 0.2) is 11.6 Å². The Morgan fingerprint density at radius 1 is 1.45 bits per heavy atom. The Hall–Kier alpha value is -2.09. The molecule has 0 aliphatic heterocycles. The molecule has 1 heterocycles. The molecule has 1 amide bonds. The van der Waals surface area contributed by atoms with Gasteiger partial charge in [-0.25, -0.2) is 9.97 Å². The van der Waals surface area contributed by atoms with E-state index >= 15 is 0 Å². The van der Waals surface area contributed by atoms with Crippen molar-refractivity contribution < 1.29 is 9.53 Å². The summed E-state index contributed by atoms with van der Waals surface area (Å²) in [7, 11) is 1.73. The van der Waals surface area contributed by atoms with Crippen LogP contribution in [0.1, 0.15) is 19.7 Å². The highest BCUT2D eigenvalue weighted by atomic mass is 16.5. The molecule has 20 heavy (non-hydrogen) atoms. The summed E-state index contributed by atoms with van der Waals surface area (Å²) >= 11 is 0. The molecular formula is C12H22N6O2. The summed E-state index contributed by atoms with van der Waals surface area (Å²) in [6.07, 6.45) is -0.390. The van der Waals surface area contributed by atoms with E-state index < -0.39 is 6.23 Å². The first kappa shape index (κ1) is 16.0. The van der Waals surface area contributed by atoms with E-state index in [4.69, 9.17) is 10.5 Å². The number of aromatic nitrogens is 2. The largest absolute Gasteiger partial charge is 0.382 e. The summed E-state index contributed by atoms with van der Waals surface area (Å²) in [6, 6.07) is 0. The van der Waals surface area contributed by atoms with E-state index in [9.17, 15) is 4.79 Å². The maximum atomic E-state index is 11.3. The highest BCUT2D eigenvalue weighted by Crippen LogP contribution is 2.24. The monoisotopic (exact) mass is 282 g/mol. The van der Waals surface area contributed by atoms with Crippen molar-refractivity contribution in [3.05, 3.63) is 5.82 Å². The molecule has 112 valence electrons. The van der Waals surface area contributed by atoms with Gasteiger partial charge in [0.2, 0.25) is 5.91 Å². The van der Waals surface area contributed by atoms with E-state index in [1.54, 1.807) is 20.9 Å². The standard InChI is InChI=1S/C12H22N6O2/c1-5-15-9(19)6-20-8(3)18-12-10(14-4)11(13)16-7(2)17-12/h8,14H,5-6H2,1-4H3,(H,15,19)(H3,13,16,17,18)/t8-/m1/s1. The molecular weight excluding hydrogens is 260 g/mol. The summed E-state index contributed by atoms with van der Waals surface area (Å²) in [6.45, 7) is 5.95. The van der Waals surface area contributed by atoms with Crippen molar-refractivity contribution in [1.29, 1.82) is 0 Å². The number of likely N-dealkylation sites (N-methyl/N-ethyl adjacent to an activating group) is 1. The predicted molar refractivity (Wildman–Crippen MR) is 78.4 cm³/mol. The van der Waals surface area contributed by atoms with E-state index in [0.29, 0.717) is 29.7 Å². The van der Waals surface area contributed by atoms with Gasteiger partial charge in [-0.05, 0) is 20.8 Å². The minimum Gasteiger partial charge on any atom is -0.382 e. The zero-order chi connectivity index (χ0) is 15.1. The summed E-state index contributed by atoms with van der Waals surface area (Å²) in [5, 5.41) is 8.63. The number of hydrogen-bond donors (Lipinski definition) is 4. The Bertz CT molecular complexity index is 466. The quantitative estimate of drug-likeness (QED) is 0.532. The van der Waals surface area contributed by atoms with Gasteiger partial charge >= 0.3 is 0 Å². The fraction of sp³-hybridized carbons (Fsp3) is 0.583. The lowest BCUT2D eigenvalue weighted by atomic mass is 10.4. The van der Waals surface area contributed by atoms with Crippen molar-refractivity contribution in [1.82, 2.24) is 15.3 Å². The molecule has 0 fully saturated rings. The Kier molecular flexibility index (Phi) is 5.98. The van der Waals surface area contributed by atoms with E-state index in [-0.39, 0.29) is 12.5 Å². The highest BCUT2D eigenvalue weighted by Gasteiger charge is 2.13. The molecule has 0 aliphatic rings. The van der Waals surface area contributed by atoms with Crippen molar-refractivity contribution in [3.8, 4) is 0 Å². The molecule has 5 N–H and O–H groups in total. The van der Waals surface area contributed by atoms with Crippen LogP contribution >= 0.6 is 0 Å². The second-order valence-corrected chi connectivity index (χ2v) is 4.18. The molecule has 0 bridgehead atoms. The number of anilines is 3. The Morgan fingerprint density at radius 3 is 2.75 bits per heavy atom. The number of nitrogens with two attached hydrogens (primary N) is 1. The molecule has 0 aliphatic carbocycles. The summed E-state index contributed by atoms with van der Waals surface area (Å²) in [4.78, 5) is 19.6. The van der Waals surface area contributed by atoms with Gasteiger partial charge in [0, 0.05) is 13.6 Å². The van der Waals surface area contributed by atoms with E-state index in [0.717, 1.165) is 0 Å². The van der Waals surface area contributed by atoms with E-state index in [2.05, 4.69) is 25.9 Å². The normalized spacial score (nSPS) is 11.8. The fourth-order valence-electron chi connectivity index (χ4n) is 1.63. The van der Waals surface area contributed by atoms with Crippen LogP contribution in [-0.2, 0) is 9.53 Å². The van der Waals surface area contributed by atoms with Gasteiger partial charge in [0.1, 0.15) is 24.3 Å². The summed E-state index contributed by atoms with van der Waals surface area (Å²) < 4.78 is 5.39. The fourth-order valence-corrected chi connectivity index (χ4v) is 1.63. The number of carbonyl (C=O) groups excluding carboxylic acids is 1. The lowest BCUT2D eigenvalue weighted by molar-refractivity contribution is -0.126. The summed E-state index contributed by atoms with van der Waals surface area (Å²) in [5.74, 6) is 1.30. The molecule has 8 heteroatoms. The maximum absolute atomic E-state index is 11.3. The zero-order valence-electron chi connectivity index (χ0n) is 12.3. The molecule has 1 aromatic heterocycles. The summed E-state index contributed by atoms with van der Waals surface area (Å²) in [5.41, 5.74) is 6.41. The SMILES string of the molecule is CCNC(=O)CO[C@H](C)Nc1nc(C)nc(N)c1NC. The third-order valence-electron chi connectivity index (χ3n) is 2.48. The van der Waals surface area contributed by atoms with Gasteiger partial charge in [0.05, 0.1) is 0 Å². The number of nitrogen functional groups attached to an aromatic ring is 1. The molecule has 8 nitrogen and oxygen atoms in total. The van der Waals surface area contributed by atoms with Gasteiger partial charge < -0.3 is 26.4 Å². The van der Waals surface area contributed by atoms with Gasteiger partial charge in [-0.2, -0.15) is 0 Å². The van der Waals surface area contributed by atoms with Crippen LogP contribution in [0, 0.1) is 6.92 Å². The first-order chi connectivity index (χ1) is 9.47. The van der Waals surface area contributed by atoms with Crippen molar-refractivity contribution in [2.45, 2.75) is 27.0 Å². The van der Waals surface area contributed by atoms with Crippen molar-refractivity contribution in [2.24, 2.45) is 0 Å². The first-order valence-electron chi connectivity index (χ1n) is 6.44. The Labute approximate surface area is 118 Å². The van der Waals surface area contributed by atoms with E-state index in [1.165, 1.54) is 0 Å². The van der Waals surface area contributed by atoms with Crippen LogP contribution in [0.2, 0.25) is 0 Å². The van der Waals surface area contributed by atoms with Crippen LogP contribution in [0.3, 0.4) is 0 Å². The second kappa shape index (κ2) is 7.49. The lowest BCUT2D eigenvalue weighted by Gasteiger charge is -2.18. The number of amides is 1. The number of carbonyl (C=O) groups is 1. The van der Waals surface area contributed by atoms with E-state index in [1.807, 2.05) is 6.92 Å². The molecule has 1 rings (SSSR count). The smallest absolute Gasteiger partial charge is 0.246 e. The van der Waals surface area contributed by atoms with Crippen LogP contribution in [-0.4, -0.2) is 42.3 Å². The van der Waals surface area contributed by atoms with Crippen LogP contribution < -0.4 is 21.7 Å². The third kappa shape index (κ3) is 4.54. The van der Waals surface area contributed by atoms with Gasteiger partial charge in [-0.1, -0.05) is 0 Å². The molecule has 0 unspecified atom stereocenters. The number of rotatable bonds is 7. The Balaban J connectivity index is 2.66. The number of nitrogens with zero attached hydrogens (tertiary/aromatic N) is 2. The number of nitrogens with one attached hydrogen (secondary N) is 3. The van der Waals surface area contributed by atoms with Crippen LogP contribution in [0.25, 0.3) is 0 Å². The second-order valence-electron chi connectivity index (χ2n) is 4.18. The zero-order valence-corrected chi connectivity index (χ0v) is 12.3. The van der Waals surface area contributed by atoms with Crippen LogP contribution in [0.4, 0.5) is 17.3 Å². The van der Waals surface area contributed by atoms with Gasteiger partial charge in [-0.15, -0.1) is 0 Å². The minimum atomic E-state index is -0.390. The average molecular weight is 282 g/mol. The molecule has 1 atom stereocenters.